The Bertz CT molecular complexity index is 322. The lowest BCUT2D eigenvalue weighted by Crippen LogP contribution is -2.52. The van der Waals surface area contributed by atoms with Crippen molar-refractivity contribution < 1.29 is 14.7 Å². The predicted molar refractivity (Wildman–Crippen MR) is 79.6 cm³/mol. The van der Waals surface area contributed by atoms with Crippen LogP contribution < -0.4 is 0 Å². The lowest BCUT2D eigenvalue weighted by Gasteiger charge is -2.44. The van der Waals surface area contributed by atoms with Crippen molar-refractivity contribution in [3.8, 4) is 0 Å². The van der Waals surface area contributed by atoms with Gasteiger partial charge in [-0.3, -0.25) is 9.59 Å². The normalized spacial score (nSPS) is 17.7. The number of nitrogens with zero attached hydrogens (tertiary/aromatic N) is 1. The molecule has 1 aliphatic carbocycles. The van der Waals surface area contributed by atoms with Crippen molar-refractivity contribution in [2.75, 3.05) is 7.05 Å². The Morgan fingerprint density at radius 3 is 2.30 bits per heavy atom. The Hall–Kier alpha value is -1.06. The van der Waals surface area contributed by atoms with Crippen LogP contribution in [0.15, 0.2) is 0 Å². The molecule has 1 fully saturated rings. The van der Waals surface area contributed by atoms with E-state index in [1.807, 2.05) is 0 Å². The number of aliphatic carboxylic acids is 1. The highest BCUT2D eigenvalue weighted by molar-refractivity contribution is 5.78. The Labute approximate surface area is 122 Å². The summed E-state index contributed by atoms with van der Waals surface area (Å²) < 4.78 is 0. The molecule has 1 saturated carbocycles. The molecule has 116 valence electrons. The second-order valence-corrected chi connectivity index (χ2v) is 6.12. The van der Waals surface area contributed by atoms with Crippen LogP contribution in [0.4, 0.5) is 0 Å². The van der Waals surface area contributed by atoms with E-state index in [0.717, 1.165) is 57.8 Å². The van der Waals surface area contributed by atoms with Gasteiger partial charge in [-0.25, -0.2) is 0 Å². The third kappa shape index (κ3) is 4.80. The van der Waals surface area contributed by atoms with E-state index in [2.05, 4.69) is 6.92 Å². The molecule has 0 aromatic carbocycles. The van der Waals surface area contributed by atoms with Crippen LogP contribution in [-0.2, 0) is 9.59 Å². The number of carboxylic acids is 1. The average molecular weight is 283 g/mol. The lowest BCUT2D eigenvalue weighted by atomic mass is 9.78. The Morgan fingerprint density at radius 1 is 1.10 bits per heavy atom. The zero-order chi connectivity index (χ0) is 15.0. The van der Waals surface area contributed by atoms with Gasteiger partial charge in [-0.15, -0.1) is 0 Å². The maximum atomic E-state index is 12.3. The summed E-state index contributed by atoms with van der Waals surface area (Å²) in [5.41, 5.74) is -0.439. The topological polar surface area (TPSA) is 57.6 Å². The molecule has 0 radical (unpaired) electrons. The first-order valence-corrected chi connectivity index (χ1v) is 8.00. The molecule has 0 atom stereocenters. The van der Waals surface area contributed by atoms with E-state index in [4.69, 9.17) is 5.11 Å². The summed E-state index contributed by atoms with van der Waals surface area (Å²) in [5, 5.41) is 9.17. The van der Waals surface area contributed by atoms with Gasteiger partial charge in [0.05, 0.1) is 12.0 Å². The molecule has 0 bridgehead atoms. The Morgan fingerprint density at radius 2 is 1.75 bits per heavy atom. The van der Waals surface area contributed by atoms with Gasteiger partial charge >= 0.3 is 5.97 Å². The first-order chi connectivity index (χ1) is 9.52. The molecule has 1 aliphatic rings. The highest BCUT2D eigenvalue weighted by Crippen LogP contribution is 2.36. The van der Waals surface area contributed by atoms with Crippen LogP contribution in [0.25, 0.3) is 0 Å². The van der Waals surface area contributed by atoms with E-state index in [1.54, 1.807) is 11.9 Å². The van der Waals surface area contributed by atoms with Gasteiger partial charge in [-0.1, -0.05) is 45.4 Å². The molecular formula is C16H29NO3. The SMILES string of the molecule is CCCCCCC(=O)N(C)C1(CC(=O)O)CCCCC1. The third-order valence-electron chi connectivity index (χ3n) is 4.59. The summed E-state index contributed by atoms with van der Waals surface area (Å²) in [7, 11) is 1.80. The van der Waals surface area contributed by atoms with Crippen molar-refractivity contribution in [1.82, 2.24) is 4.90 Å². The van der Waals surface area contributed by atoms with E-state index in [0.29, 0.717) is 6.42 Å². The third-order valence-corrected chi connectivity index (χ3v) is 4.59. The monoisotopic (exact) mass is 283 g/mol. The fourth-order valence-electron chi connectivity index (χ4n) is 3.26. The van der Waals surface area contributed by atoms with E-state index in [1.165, 1.54) is 0 Å². The number of carbonyl (C=O) groups excluding carboxylic acids is 1. The molecule has 0 aromatic rings. The minimum absolute atomic E-state index is 0.0875. The molecule has 0 spiro atoms. The molecule has 1 amide bonds. The van der Waals surface area contributed by atoms with Gasteiger partial charge in [0.25, 0.3) is 0 Å². The van der Waals surface area contributed by atoms with Crippen LogP contribution in [0.5, 0.6) is 0 Å². The summed E-state index contributed by atoms with van der Waals surface area (Å²) in [5.74, 6) is -0.679. The van der Waals surface area contributed by atoms with Gasteiger partial charge in [0.1, 0.15) is 0 Å². The van der Waals surface area contributed by atoms with E-state index < -0.39 is 11.5 Å². The molecule has 20 heavy (non-hydrogen) atoms. The van der Waals surface area contributed by atoms with E-state index >= 15 is 0 Å². The second-order valence-electron chi connectivity index (χ2n) is 6.12. The zero-order valence-corrected chi connectivity index (χ0v) is 13.0. The van der Waals surface area contributed by atoms with Gasteiger partial charge in [-0.05, 0) is 19.3 Å². The number of unbranched alkanes of at least 4 members (excludes halogenated alkanes) is 3. The van der Waals surface area contributed by atoms with Gasteiger partial charge in [0.15, 0.2) is 0 Å². The average Bonchev–Trinajstić information content (AvgIpc) is 2.42. The van der Waals surface area contributed by atoms with Gasteiger partial charge in [0.2, 0.25) is 5.91 Å². The molecule has 0 heterocycles. The quantitative estimate of drug-likeness (QED) is 0.692. The number of hydrogen-bond donors (Lipinski definition) is 1. The summed E-state index contributed by atoms with van der Waals surface area (Å²) in [6.45, 7) is 2.15. The highest BCUT2D eigenvalue weighted by atomic mass is 16.4. The van der Waals surface area contributed by atoms with Crippen molar-refractivity contribution >= 4 is 11.9 Å². The molecule has 1 rings (SSSR count). The van der Waals surface area contributed by atoms with Crippen LogP contribution >= 0.6 is 0 Å². The lowest BCUT2D eigenvalue weighted by molar-refractivity contribution is -0.146. The number of hydrogen-bond acceptors (Lipinski definition) is 2. The summed E-state index contributed by atoms with van der Waals surface area (Å²) >= 11 is 0. The second kappa shape index (κ2) is 8.28. The molecular weight excluding hydrogens is 254 g/mol. The van der Waals surface area contributed by atoms with Crippen molar-refractivity contribution in [1.29, 1.82) is 0 Å². The number of rotatable bonds is 8. The molecule has 0 saturated heterocycles. The van der Waals surface area contributed by atoms with Crippen molar-refractivity contribution in [2.24, 2.45) is 0 Å². The molecule has 0 aromatic heterocycles. The zero-order valence-electron chi connectivity index (χ0n) is 13.0. The molecule has 4 heteroatoms. The Balaban J connectivity index is 2.60. The maximum absolute atomic E-state index is 12.3. The molecule has 0 unspecified atom stereocenters. The number of amides is 1. The van der Waals surface area contributed by atoms with Crippen molar-refractivity contribution in [3.63, 3.8) is 0 Å². The first kappa shape index (κ1) is 17.0. The highest BCUT2D eigenvalue weighted by Gasteiger charge is 2.40. The van der Waals surface area contributed by atoms with Crippen molar-refractivity contribution in [3.05, 3.63) is 0 Å². The summed E-state index contributed by atoms with van der Waals surface area (Å²) in [6, 6.07) is 0. The number of carbonyl (C=O) groups is 2. The van der Waals surface area contributed by atoms with Crippen LogP contribution in [-0.4, -0.2) is 34.5 Å². The smallest absolute Gasteiger partial charge is 0.305 e. The fourth-order valence-corrected chi connectivity index (χ4v) is 3.26. The molecule has 0 aliphatic heterocycles. The minimum Gasteiger partial charge on any atom is -0.481 e. The molecule has 1 N–H and O–H groups in total. The molecule has 4 nitrogen and oxygen atoms in total. The van der Waals surface area contributed by atoms with E-state index in [-0.39, 0.29) is 12.3 Å². The Kier molecular flexibility index (Phi) is 7.03. The van der Waals surface area contributed by atoms with Crippen LogP contribution in [0, 0.1) is 0 Å². The van der Waals surface area contributed by atoms with Crippen LogP contribution in [0.2, 0.25) is 0 Å². The fraction of sp³-hybridized carbons (Fsp3) is 0.875. The summed E-state index contributed by atoms with van der Waals surface area (Å²) in [4.78, 5) is 25.2. The largest absolute Gasteiger partial charge is 0.481 e. The van der Waals surface area contributed by atoms with Gasteiger partial charge in [0, 0.05) is 13.5 Å². The predicted octanol–water partition coefficient (Wildman–Crippen LogP) is 3.59. The number of carboxylic acid groups (broad SMARTS) is 1. The summed E-state index contributed by atoms with van der Waals surface area (Å²) in [6.07, 6.45) is 9.84. The van der Waals surface area contributed by atoms with Crippen LogP contribution in [0.1, 0.15) is 77.6 Å². The van der Waals surface area contributed by atoms with Crippen LogP contribution in [0.3, 0.4) is 0 Å². The first-order valence-electron chi connectivity index (χ1n) is 8.00. The van der Waals surface area contributed by atoms with E-state index in [9.17, 15) is 9.59 Å². The standard InChI is InChI=1S/C16H29NO3/c1-3-4-5-7-10-14(18)17(2)16(13-15(19)20)11-8-6-9-12-16/h3-13H2,1-2H3,(H,19,20). The maximum Gasteiger partial charge on any atom is 0.305 e. The van der Waals surface area contributed by atoms with Gasteiger partial charge in [-0.2, -0.15) is 0 Å². The minimum atomic E-state index is -0.794. The van der Waals surface area contributed by atoms with Crippen molar-refractivity contribution in [2.45, 2.75) is 83.1 Å². The van der Waals surface area contributed by atoms with Gasteiger partial charge < -0.3 is 10.0 Å².